The number of hydrogen-bond acceptors (Lipinski definition) is 4. The summed E-state index contributed by atoms with van der Waals surface area (Å²) >= 11 is 11.8. The Hall–Kier alpha value is -0.390. The summed E-state index contributed by atoms with van der Waals surface area (Å²) in [5.74, 6) is 0. The number of rotatable bonds is 8. The number of ether oxygens (including phenoxy) is 2. The zero-order valence-electron chi connectivity index (χ0n) is 10.7. The third-order valence-electron chi connectivity index (χ3n) is 2.45. The SMILES string of the molecule is COCCN(CCOC)Cc1cc(Cl)nc(Cl)c1. The number of hydrogen-bond donors (Lipinski definition) is 0. The van der Waals surface area contributed by atoms with Crippen molar-refractivity contribution in [1.29, 1.82) is 0 Å². The van der Waals surface area contributed by atoms with Crippen LogP contribution < -0.4 is 0 Å². The molecule has 0 amide bonds. The van der Waals surface area contributed by atoms with Gasteiger partial charge in [-0.2, -0.15) is 0 Å². The maximum Gasteiger partial charge on any atom is 0.131 e. The van der Waals surface area contributed by atoms with Crippen LogP contribution in [0.3, 0.4) is 0 Å². The molecule has 1 aromatic rings. The van der Waals surface area contributed by atoms with Gasteiger partial charge >= 0.3 is 0 Å². The summed E-state index contributed by atoms with van der Waals surface area (Å²) in [4.78, 5) is 6.15. The Morgan fingerprint density at radius 2 is 1.56 bits per heavy atom. The molecule has 1 aromatic heterocycles. The maximum absolute atomic E-state index is 5.88. The molecule has 0 aliphatic carbocycles. The van der Waals surface area contributed by atoms with Crippen molar-refractivity contribution < 1.29 is 9.47 Å². The molecule has 0 bridgehead atoms. The van der Waals surface area contributed by atoms with Gasteiger partial charge in [0.25, 0.3) is 0 Å². The first-order valence-electron chi connectivity index (χ1n) is 5.68. The minimum Gasteiger partial charge on any atom is -0.383 e. The molecule has 0 aromatic carbocycles. The van der Waals surface area contributed by atoms with E-state index in [4.69, 9.17) is 32.7 Å². The molecular formula is C12H18Cl2N2O2. The lowest BCUT2D eigenvalue weighted by molar-refractivity contribution is 0.110. The summed E-state index contributed by atoms with van der Waals surface area (Å²) in [5, 5.41) is 0.826. The zero-order chi connectivity index (χ0) is 13.4. The van der Waals surface area contributed by atoms with Gasteiger partial charge in [-0.3, -0.25) is 4.90 Å². The highest BCUT2D eigenvalue weighted by atomic mass is 35.5. The monoisotopic (exact) mass is 292 g/mol. The first kappa shape index (κ1) is 15.7. The van der Waals surface area contributed by atoms with Crippen molar-refractivity contribution in [2.75, 3.05) is 40.5 Å². The van der Waals surface area contributed by atoms with Crippen LogP contribution in [0.1, 0.15) is 5.56 Å². The summed E-state index contributed by atoms with van der Waals surface area (Å²) in [7, 11) is 3.38. The Morgan fingerprint density at radius 1 is 1.06 bits per heavy atom. The third-order valence-corrected chi connectivity index (χ3v) is 2.84. The Bertz CT molecular complexity index is 336. The molecule has 1 heterocycles. The van der Waals surface area contributed by atoms with Gasteiger partial charge in [0.2, 0.25) is 0 Å². The minimum atomic E-state index is 0.413. The fraction of sp³-hybridized carbons (Fsp3) is 0.583. The van der Waals surface area contributed by atoms with Gasteiger partial charge in [-0.15, -0.1) is 0 Å². The van der Waals surface area contributed by atoms with Gasteiger partial charge in [0.05, 0.1) is 13.2 Å². The molecule has 0 saturated heterocycles. The van der Waals surface area contributed by atoms with Crippen molar-refractivity contribution in [1.82, 2.24) is 9.88 Å². The lowest BCUT2D eigenvalue weighted by Gasteiger charge is -2.21. The van der Waals surface area contributed by atoms with Crippen molar-refractivity contribution in [3.8, 4) is 0 Å². The van der Waals surface area contributed by atoms with Crippen molar-refractivity contribution in [3.63, 3.8) is 0 Å². The standard InChI is InChI=1S/C12H18Cl2N2O2/c1-17-5-3-16(4-6-18-2)9-10-7-11(13)15-12(14)8-10/h7-8H,3-6,9H2,1-2H3. The molecule has 0 fully saturated rings. The van der Waals surface area contributed by atoms with E-state index in [0.29, 0.717) is 23.5 Å². The second-order valence-corrected chi connectivity index (χ2v) is 4.66. The average molecular weight is 293 g/mol. The Kier molecular flexibility index (Phi) is 7.54. The van der Waals surface area contributed by atoms with E-state index in [0.717, 1.165) is 25.2 Å². The van der Waals surface area contributed by atoms with Crippen LogP contribution in [0.25, 0.3) is 0 Å². The molecule has 4 nitrogen and oxygen atoms in total. The smallest absolute Gasteiger partial charge is 0.131 e. The molecular weight excluding hydrogens is 275 g/mol. The van der Waals surface area contributed by atoms with Crippen LogP contribution in [-0.2, 0) is 16.0 Å². The van der Waals surface area contributed by atoms with E-state index in [1.807, 2.05) is 12.1 Å². The number of methoxy groups -OCH3 is 2. The van der Waals surface area contributed by atoms with Gasteiger partial charge in [0.1, 0.15) is 10.3 Å². The van der Waals surface area contributed by atoms with Crippen LogP contribution in [0.5, 0.6) is 0 Å². The van der Waals surface area contributed by atoms with Gasteiger partial charge < -0.3 is 9.47 Å². The molecule has 1 rings (SSSR count). The van der Waals surface area contributed by atoms with E-state index in [1.54, 1.807) is 14.2 Å². The summed E-state index contributed by atoms with van der Waals surface area (Å²) in [6.45, 7) is 3.76. The lowest BCUT2D eigenvalue weighted by Crippen LogP contribution is -2.30. The Balaban J connectivity index is 2.62. The topological polar surface area (TPSA) is 34.6 Å². The summed E-state index contributed by atoms with van der Waals surface area (Å²) in [5.41, 5.74) is 1.03. The molecule has 0 unspecified atom stereocenters. The van der Waals surface area contributed by atoms with E-state index in [2.05, 4.69) is 9.88 Å². The van der Waals surface area contributed by atoms with Crippen molar-refractivity contribution in [3.05, 3.63) is 28.0 Å². The largest absolute Gasteiger partial charge is 0.383 e. The van der Waals surface area contributed by atoms with Crippen LogP contribution in [0.15, 0.2) is 12.1 Å². The molecule has 0 atom stereocenters. The van der Waals surface area contributed by atoms with E-state index in [9.17, 15) is 0 Å². The first-order chi connectivity index (χ1) is 8.65. The average Bonchev–Trinajstić information content (AvgIpc) is 2.31. The van der Waals surface area contributed by atoms with Gasteiger partial charge in [0, 0.05) is 33.9 Å². The fourth-order valence-electron chi connectivity index (χ4n) is 1.57. The van der Waals surface area contributed by atoms with Crippen molar-refractivity contribution in [2.45, 2.75) is 6.54 Å². The van der Waals surface area contributed by atoms with E-state index >= 15 is 0 Å². The molecule has 0 aliphatic heterocycles. The second kappa shape index (κ2) is 8.67. The van der Waals surface area contributed by atoms with E-state index in [1.165, 1.54) is 0 Å². The zero-order valence-corrected chi connectivity index (χ0v) is 12.2. The van der Waals surface area contributed by atoms with Crippen LogP contribution in [0.2, 0.25) is 10.3 Å². The number of nitrogens with zero attached hydrogens (tertiary/aromatic N) is 2. The highest BCUT2D eigenvalue weighted by molar-refractivity contribution is 6.32. The summed E-state index contributed by atoms with van der Waals surface area (Å²) in [6, 6.07) is 3.64. The predicted molar refractivity (Wildman–Crippen MR) is 73.3 cm³/mol. The van der Waals surface area contributed by atoms with Crippen molar-refractivity contribution >= 4 is 23.2 Å². The molecule has 0 spiro atoms. The molecule has 0 aliphatic rings. The molecule has 0 radical (unpaired) electrons. The molecule has 6 heteroatoms. The third kappa shape index (κ3) is 5.98. The minimum absolute atomic E-state index is 0.413. The predicted octanol–water partition coefficient (Wildman–Crippen LogP) is 2.48. The summed E-state index contributed by atoms with van der Waals surface area (Å²) in [6.07, 6.45) is 0. The summed E-state index contributed by atoms with van der Waals surface area (Å²) < 4.78 is 10.2. The highest BCUT2D eigenvalue weighted by Crippen LogP contribution is 2.16. The van der Waals surface area contributed by atoms with E-state index in [-0.39, 0.29) is 0 Å². The molecule has 18 heavy (non-hydrogen) atoms. The quantitative estimate of drug-likeness (QED) is 0.690. The molecule has 0 saturated carbocycles. The van der Waals surface area contributed by atoms with Gasteiger partial charge in [-0.05, 0) is 17.7 Å². The first-order valence-corrected chi connectivity index (χ1v) is 6.43. The number of pyridine rings is 1. The van der Waals surface area contributed by atoms with Crippen LogP contribution in [0.4, 0.5) is 0 Å². The second-order valence-electron chi connectivity index (χ2n) is 3.88. The molecule has 102 valence electrons. The number of aromatic nitrogens is 1. The van der Waals surface area contributed by atoms with Gasteiger partial charge in [-0.1, -0.05) is 23.2 Å². The molecule has 0 N–H and O–H groups in total. The Labute approximate surface area is 118 Å². The lowest BCUT2D eigenvalue weighted by atomic mass is 10.2. The fourth-order valence-corrected chi connectivity index (χ4v) is 2.08. The normalized spacial score (nSPS) is 11.2. The van der Waals surface area contributed by atoms with Crippen LogP contribution in [0, 0.1) is 0 Å². The van der Waals surface area contributed by atoms with E-state index < -0.39 is 0 Å². The van der Waals surface area contributed by atoms with Gasteiger partial charge in [-0.25, -0.2) is 4.98 Å². The number of halogens is 2. The Morgan fingerprint density at radius 3 is 2.00 bits per heavy atom. The van der Waals surface area contributed by atoms with Crippen LogP contribution in [-0.4, -0.2) is 50.4 Å². The highest BCUT2D eigenvalue weighted by Gasteiger charge is 2.07. The van der Waals surface area contributed by atoms with Crippen LogP contribution >= 0.6 is 23.2 Å². The maximum atomic E-state index is 5.88. The van der Waals surface area contributed by atoms with Gasteiger partial charge in [0.15, 0.2) is 0 Å². The van der Waals surface area contributed by atoms with Crippen molar-refractivity contribution in [2.24, 2.45) is 0 Å².